The number of hydrogen-bond donors (Lipinski definition) is 2. The molecule has 0 aliphatic rings. The second-order valence-corrected chi connectivity index (χ2v) is 7.87. The van der Waals surface area contributed by atoms with Crippen LogP contribution in [0.5, 0.6) is 0 Å². The molecule has 0 radical (unpaired) electrons. The lowest BCUT2D eigenvalue weighted by molar-refractivity contribution is 0.0232. The molecule has 29 heavy (non-hydrogen) atoms. The van der Waals surface area contributed by atoms with Crippen LogP contribution >= 0.6 is 0 Å². The van der Waals surface area contributed by atoms with Crippen LogP contribution in [0, 0.1) is 6.92 Å². The number of hydrogen-bond acceptors (Lipinski definition) is 4. The van der Waals surface area contributed by atoms with Crippen LogP contribution in [0.1, 0.15) is 38.3 Å². The van der Waals surface area contributed by atoms with E-state index in [1.54, 1.807) is 17.3 Å². The Morgan fingerprint density at radius 2 is 1.97 bits per heavy atom. The van der Waals surface area contributed by atoms with Gasteiger partial charge < -0.3 is 20.7 Å². The monoisotopic (exact) mass is 397 g/mol. The average Bonchev–Trinajstić information content (AvgIpc) is 2.65. The number of nitrogens with two attached hydrogens (primary N) is 1. The highest BCUT2D eigenvalue weighted by Crippen LogP contribution is 2.13. The number of guanidine groups is 1. The Hall–Kier alpha value is -3.09. The second-order valence-electron chi connectivity index (χ2n) is 7.87. The van der Waals surface area contributed by atoms with Crippen molar-refractivity contribution in [1.82, 2.24) is 9.88 Å². The third kappa shape index (κ3) is 8.64. The van der Waals surface area contributed by atoms with Crippen LogP contribution in [0.2, 0.25) is 0 Å². The van der Waals surface area contributed by atoms with E-state index in [4.69, 9.17) is 10.5 Å². The van der Waals surface area contributed by atoms with Crippen molar-refractivity contribution in [3.63, 3.8) is 0 Å². The number of benzene rings is 1. The summed E-state index contributed by atoms with van der Waals surface area (Å²) in [6.45, 7) is 9.04. The molecule has 0 unspecified atom stereocenters. The van der Waals surface area contributed by atoms with Crippen LogP contribution in [0.15, 0.2) is 53.8 Å². The van der Waals surface area contributed by atoms with Gasteiger partial charge in [0.2, 0.25) is 0 Å². The molecule has 0 spiro atoms. The number of rotatable bonds is 7. The first kappa shape index (κ1) is 22.2. The summed E-state index contributed by atoms with van der Waals surface area (Å²) >= 11 is 0. The molecule has 0 atom stereocenters. The van der Waals surface area contributed by atoms with E-state index in [1.807, 2.05) is 64.1 Å². The zero-order valence-electron chi connectivity index (χ0n) is 17.7. The highest BCUT2D eigenvalue weighted by atomic mass is 16.6. The lowest BCUT2D eigenvalue weighted by atomic mass is 10.2. The number of carbonyl (C=O) groups is 1. The maximum absolute atomic E-state index is 12.6. The van der Waals surface area contributed by atoms with Crippen LogP contribution < -0.4 is 11.1 Å². The maximum Gasteiger partial charge on any atom is 0.410 e. The molecule has 7 nitrogen and oxygen atoms in total. The molecule has 1 aromatic heterocycles. The van der Waals surface area contributed by atoms with Crippen LogP contribution in [0.3, 0.4) is 0 Å². The average molecular weight is 398 g/mol. The van der Waals surface area contributed by atoms with Gasteiger partial charge in [-0.1, -0.05) is 23.8 Å². The highest BCUT2D eigenvalue weighted by molar-refractivity contribution is 5.92. The first-order valence-corrected chi connectivity index (χ1v) is 9.73. The molecule has 1 aromatic carbocycles. The molecule has 0 saturated carbocycles. The fourth-order valence-electron chi connectivity index (χ4n) is 2.56. The SMILES string of the molecule is Cc1ccc(NC(N)=NCCCN(Cc2cccnc2)C(=O)OC(C)(C)C)cc1. The summed E-state index contributed by atoms with van der Waals surface area (Å²) in [6.07, 6.45) is 3.77. The minimum atomic E-state index is -0.551. The van der Waals surface area contributed by atoms with Gasteiger partial charge in [0, 0.05) is 31.2 Å². The molecule has 156 valence electrons. The molecule has 0 aliphatic carbocycles. The number of aromatic nitrogens is 1. The first-order valence-electron chi connectivity index (χ1n) is 9.73. The van der Waals surface area contributed by atoms with Crippen molar-refractivity contribution in [2.24, 2.45) is 10.7 Å². The number of pyridine rings is 1. The minimum absolute atomic E-state index is 0.351. The van der Waals surface area contributed by atoms with E-state index in [1.165, 1.54) is 5.56 Å². The standard InChI is InChI=1S/C22H31N5O2/c1-17-8-10-19(11-9-17)26-20(23)25-13-6-14-27(21(28)29-22(2,3)4)16-18-7-5-12-24-15-18/h5,7-12,15H,6,13-14,16H2,1-4H3,(H3,23,25,26). The molecular formula is C22H31N5O2. The third-order valence-electron chi connectivity index (χ3n) is 3.94. The lowest BCUT2D eigenvalue weighted by Crippen LogP contribution is -2.37. The van der Waals surface area contributed by atoms with Crippen molar-refractivity contribution in [2.75, 3.05) is 18.4 Å². The molecule has 1 heterocycles. The van der Waals surface area contributed by atoms with Gasteiger partial charge >= 0.3 is 6.09 Å². The number of nitrogens with zero attached hydrogens (tertiary/aromatic N) is 3. The Labute approximate surface area is 173 Å². The van der Waals surface area contributed by atoms with Crippen molar-refractivity contribution < 1.29 is 9.53 Å². The molecule has 0 aliphatic heterocycles. The number of amides is 1. The van der Waals surface area contributed by atoms with Crippen LogP contribution in [-0.4, -0.2) is 40.6 Å². The number of aryl methyl sites for hydroxylation is 1. The topological polar surface area (TPSA) is 92.8 Å². The van der Waals surface area contributed by atoms with Crippen LogP contribution in [0.25, 0.3) is 0 Å². The van der Waals surface area contributed by atoms with Gasteiger partial charge in [-0.3, -0.25) is 9.98 Å². The van der Waals surface area contributed by atoms with Crippen molar-refractivity contribution >= 4 is 17.7 Å². The fourth-order valence-corrected chi connectivity index (χ4v) is 2.56. The Balaban J connectivity index is 1.90. The fraction of sp³-hybridized carbons (Fsp3) is 0.409. The minimum Gasteiger partial charge on any atom is -0.444 e. The Bertz CT molecular complexity index is 798. The van der Waals surface area contributed by atoms with Gasteiger partial charge in [-0.05, 0) is 57.9 Å². The zero-order chi connectivity index (χ0) is 21.3. The van der Waals surface area contributed by atoms with Crippen molar-refractivity contribution in [3.8, 4) is 0 Å². The summed E-state index contributed by atoms with van der Waals surface area (Å²) in [5.74, 6) is 0.352. The van der Waals surface area contributed by atoms with Crippen molar-refractivity contribution in [3.05, 3.63) is 59.9 Å². The first-order chi connectivity index (χ1) is 13.7. The summed E-state index contributed by atoms with van der Waals surface area (Å²) in [6, 6.07) is 11.7. The summed E-state index contributed by atoms with van der Waals surface area (Å²) in [5, 5.41) is 3.07. The highest BCUT2D eigenvalue weighted by Gasteiger charge is 2.22. The summed E-state index contributed by atoms with van der Waals surface area (Å²) in [4.78, 5) is 22.7. The van der Waals surface area contributed by atoms with Crippen LogP contribution in [0.4, 0.5) is 10.5 Å². The van der Waals surface area contributed by atoms with E-state index in [0.717, 1.165) is 11.3 Å². The molecule has 0 bridgehead atoms. The Morgan fingerprint density at radius 3 is 2.59 bits per heavy atom. The predicted molar refractivity (Wildman–Crippen MR) is 117 cm³/mol. The zero-order valence-corrected chi connectivity index (χ0v) is 17.7. The number of ether oxygens (including phenoxy) is 1. The largest absolute Gasteiger partial charge is 0.444 e. The summed E-state index contributed by atoms with van der Waals surface area (Å²) in [5.41, 5.74) is 8.42. The quantitative estimate of drug-likeness (QED) is 0.419. The predicted octanol–water partition coefficient (Wildman–Crippen LogP) is 3.94. The molecule has 7 heteroatoms. The number of aliphatic imine (C=N–C) groups is 1. The summed E-state index contributed by atoms with van der Waals surface area (Å²) < 4.78 is 5.53. The molecular weight excluding hydrogens is 366 g/mol. The van der Waals surface area contributed by atoms with Gasteiger partial charge in [0.15, 0.2) is 5.96 Å². The third-order valence-corrected chi connectivity index (χ3v) is 3.94. The lowest BCUT2D eigenvalue weighted by Gasteiger charge is -2.27. The van der Waals surface area contributed by atoms with Gasteiger partial charge in [-0.2, -0.15) is 0 Å². The van der Waals surface area contributed by atoms with E-state index >= 15 is 0 Å². The molecule has 2 rings (SSSR count). The van der Waals surface area contributed by atoms with E-state index < -0.39 is 5.60 Å². The van der Waals surface area contributed by atoms with Gasteiger partial charge in [-0.15, -0.1) is 0 Å². The second kappa shape index (κ2) is 10.5. The molecule has 2 aromatic rings. The van der Waals surface area contributed by atoms with Gasteiger partial charge in [-0.25, -0.2) is 4.79 Å². The van der Waals surface area contributed by atoms with E-state index in [0.29, 0.717) is 32.0 Å². The number of nitrogens with one attached hydrogen (secondary N) is 1. The molecule has 0 saturated heterocycles. The number of carbonyl (C=O) groups excluding carboxylic acids is 1. The molecule has 3 N–H and O–H groups in total. The summed E-state index contributed by atoms with van der Waals surface area (Å²) in [7, 11) is 0. The maximum atomic E-state index is 12.6. The molecule has 0 fully saturated rings. The van der Waals surface area contributed by atoms with Gasteiger partial charge in [0.25, 0.3) is 0 Å². The Kier molecular flexibility index (Phi) is 8.00. The van der Waals surface area contributed by atoms with Crippen molar-refractivity contribution in [1.29, 1.82) is 0 Å². The normalized spacial score (nSPS) is 11.8. The van der Waals surface area contributed by atoms with E-state index in [-0.39, 0.29) is 6.09 Å². The van der Waals surface area contributed by atoms with Gasteiger partial charge in [0.05, 0.1) is 6.54 Å². The van der Waals surface area contributed by atoms with E-state index in [9.17, 15) is 4.79 Å². The number of anilines is 1. The van der Waals surface area contributed by atoms with Crippen molar-refractivity contribution in [2.45, 2.75) is 46.3 Å². The van der Waals surface area contributed by atoms with Crippen LogP contribution in [-0.2, 0) is 11.3 Å². The smallest absolute Gasteiger partial charge is 0.410 e. The van der Waals surface area contributed by atoms with Gasteiger partial charge in [0.1, 0.15) is 5.60 Å². The molecule has 1 amide bonds. The van der Waals surface area contributed by atoms with E-state index in [2.05, 4.69) is 15.3 Å². The Morgan fingerprint density at radius 1 is 1.24 bits per heavy atom.